The highest BCUT2D eigenvalue weighted by molar-refractivity contribution is 5.69. The van der Waals surface area contributed by atoms with E-state index in [1.165, 1.54) is 50.9 Å². The van der Waals surface area contributed by atoms with Gasteiger partial charge in [-0.2, -0.15) is 0 Å². The van der Waals surface area contributed by atoms with Crippen LogP contribution in [0.5, 0.6) is 0 Å². The van der Waals surface area contributed by atoms with E-state index in [-0.39, 0.29) is 21.7 Å². The van der Waals surface area contributed by atoms with E-state index in [2.05, 4.69) is 139 Å². The Morgan fingerprint density at radius 3 is 0.872 bits per heavy atom. The molecule has 0 radical (unpaired) electrons. The molecule has 4 aromatic carbocycles. The zero-order valence-electron chi connectivity index (χ0n) is 24.4. The van der Waals surface area contributed by atoms with Crippen molar-refractivity contribution in [1.29, 1.82) is 0 Å². The van der Waals surface area contributed by atoms with Crippen LogP contribution in [0.1, 0.15) is 105 Å². The zero-order valence-corrected chi connectivity index (χ0v) is 24.4. The topological polar surface area (TPSA) is 0 Å². The molecule has 0 saturated heterocycles. The molecule has 0 bridgehead atoms. The predicted molar refractivity (Wildman–Crippen MR) is 164 cm³/mol. The maximum atomic E-state index is 2.47. The lowest BCUT2D eigenvalue weighted by Crippen LogP contribution is -2.43. The van der Waals surface area contributed by atoms with Crippen molar-refractivity contribution < 1.29 is 0 Å². The van der Waals surface area contributed by atoms with E-state index in [1.54, 1.807) is 11.1 Å². The maximum absolute atomic E-state index is 2.47. The van der Waals surface area contributed by atoms with Gasteiger partial charge in [-0.1, -0.05) is 142 Å². The molecule has 4 aromatic rings. The molecule has 0 heterocycles. The Bertz CT molecular complexity index is 1430. The van der Waals surface area contributed by atoms with E-state index in [0.29, 0.717) is 0 Å². The molecular weight excluding hydrogens is 468 g/mol. The van der Waals surface area contributed by atoms with Crippen LogP contribution in [0, 0.1) is 0 Å². The molecule has 3 aliphatic rings. The highest BCUT2D eigenvalue weighted by atomic mass is 14.6. The summed E-state index contributed by atoms with van der Waals surface area (Å²) in [5.74, 6) is 0. The van der Waals surface area contributed by atoms with Gasteiger partial charge in [0.15, 0.2) is 0 Å². The van der Waals surface area contributed by atoms with Gasteiger partial charge in [0, 0.05) is 21.7 Å². The predicted octanol–water partition coefficient (Wildman–Crippen LogP) is 9.76. The van der Waals surface area contributed by atoms with Crippen LogP contribution in [0.15, 0.2) is 108 Å². The van der Waals surface area contributed by atoms with Crippen molar-refractivity contribution in [2.75, 3.05) is 0 Å². The SMILES string of the molecule is CC1=C(C)C2(CCCC13c1ccccc1C(C)(C)c1ccccc13)c1ccccc1C(C)(C)c1ccccc12. The lowest BCUT2D eigenvalue weighted by molar-refractivity contribution is 0.444. The summed E-state index contributed by atoms with van der Waals surface area (Å²) >= 11 is 0. The average molecular weight is 509 g/mol. The summed E-state index contributed by atoms with van der Waals surface area (Å²) in [5, 5.41) is 0. The summed E-state index contributed by atoms with van der Waals surface area (Å²) < 4.78 is 0. The van der Waals surface area contributed by atoms with Gasteiger partial charge in [0.2, 0.25) is 0 Å². The average Bonchev–Trinajstić information content (AvgIpc) is 3.07. The Kier molecular flexibility index (Phi) is 5.10. The largest absolute Gasteiger partial charge is 0.0619 e. The molecular formula is C39H40. The third-order valence-corrected chi connectivity index (χ3v) is 11.2. The van der Waals surface area contributed by atoms with Gasteiger partial charge in [0.25, 0.3) is 0 Å². The zero-order chi connectivity index (χ0) is 27.2. The molecule has 7 rings (SSSR count). The summed E-state index contributed by atoms with van der Waals surface area (Å²) in [7, 11) is 0. The number of benzene rings is 4. The molecule has 0 unspecified atom stereocenters. The van der Waals surface area contributed by atoms with E-state index in [0.717, 1.165) is 12.8 Å². The van der Waals surface area contributed by atoms with Crippen molar-refractivity contribution in [3.05, 3.63) is 153 Å². The van der Waals surface area contributed by atoms with Gasteiger partial charge in [-0.25, -0.2) is 0 Å². The number of allylic oxidation sites excluding steroid dienone is 2. The summed E-state index contributed by atoms with van der Waals surface area (Å²) in [4.78, 5) is 0. The summed E-state index contributed by atoms with van der Waals surface area (Å²) in [6.07, 6.45) is 3.44. The van der Waals surface area contributed by atoms with E-state index in [1.807, 2.05) is 0 Å². The second-order valence-electron chi connectivity index (χ2n) is 13.3. The van der Waals surface area contributed by atoms with Crippen LogP contribution in [-0.2, 0) is 21.7 Å². The van der Waals surface area contributed by atoms with Gasteiger partial charge >= 0.3 is 0 Å². The van der Waals surface area contributed by atoms with Crippen molar-refractivity contribution in [3.63, 3.8) is 0 Å². The molecule has 0 saturated carbocycles. The first kappa shape index (κ1) is 24.6. The van der Waals surface area contributed by atoms with Crippen molar-refractivity contribution in [2.45, 2.75) is 82.5 Å². The molecule has 0 N–H and O–H groups in total. The fourth-order valence-electron chi connectivity index (χ4n) is 9.16. The molecule has 0 aliphatic heterocycles. The third kappa shape index (κ3) is 2.90. The Morgan fingerprint density at radius 1 is 0.385 bits per heavy atom. The van der Waals surface area contributed by atoms with Crippen LogP contribution >= 0.6 is 0 Å². The smallest absolute Gasteiger partial charge is 0.0417 e. The van der Waals surface area contributed by atoms with Gasteiger partial charge in [0.1, 0.15) is 0 Å². The Balaban J connectivity index is 1.61. The molecule has 0 heteroatoms. The van der Waals surface area contributed by atoms with Gasteiger partial charge in [-0.3, -0.25) is 0 Å². The lowest BCUT2D eigenvalue weighted by Gasteiger charge is -2.50. The number of hydrogen-bond acceptors (Lipinski definition) is 0. The van der Waals surface area contributed by atoms with E-state index < -0.39 is 0 Å². The first-order valence-electron chi connectivity index (χ1n) is 14.8. The Labute approximate surface area is 234 Å². The van der Waals surface area contributed by atoms with Crippen molar-refractivity contribution in [1.82, 2.24) is 0 Å². The third-order valence-electron chi connectivity index (χ3n) is 11.2. The molecule has 0 atom stereocenters. The van der Waals surface area contributed by atoms with Gasteiger partial charge < -0.3 is 0 Å². The Hall–Kier alpha value is -3.38. The van der Waals surface area contributed by atoms with E-state index in [4.69, 9.17) is 0 Å². The van der Waals surface area contributed by atoms with Gasteiger partial charge in [-0.15, -0.1) is 0 Å². The van der Waals surface area contributed by atoms with E-state index >= 15 is 0 Å². The van der Waals surface area contributed by atoms with Crippen LogP contribution in [0.3, 0.4) is 0 Å². The monoisotopic (exact) mass is 508 g/mol. The van der Waals surface area contributed by atoms with Crippen LogP contribution in [0.4, 0.5) is 0 Å². The highest BCUT2D eigenvalue weighted by Gasteiger charge is 2.54. The van der Waals surface area contributed by atoms with Crippen LogP contribution in [0.25, 0.3) is 0 Å². The second-order valence-corrected chi connectivity index (χ2v) is 13.3. The van der Waals surface area contributed by atoms with E-state index in [9.17, 15) is 0 Å². The van der Waals surface area contributed by atoms with Crippen molar-refractivity contribution in [2.24, 2.45) is 0 Å². The first-order valence-corrected chi connectivity index (χ1v) is 14.8. The fourth-order valence-corrected chi connectivity index (χ4v) is 9.16. The minimum atomic E-state index is -0.118. The summed E-state index contributed by atoms with van der Waals surface area (Å²) in [6.45, 7) is 14.6. The lowest BCUT2D eigenvalue weighted by atomic mass is 9.53. The second kappa shape index (κ2) is 8.07. The number of fused-ring (bicyclic) bond motifs is 8. The van der Waals surface area contributed by atoms with Gasteiger partial charge in [0.05, 0.1) is 0 Å². The molecule has 2 spiro atoms. The number of hydrogen-bond donors (Lipinski definition) is 0. The quantitative estimate of drug-likeness (QED) is 0.207. The van der Waals surface area contributed by atoms with Crippen LogP contribution in [0.2, 0.25) is 0 Å². The van der Waals surface area contributed by atoms with Crippen molar-refractivity contribution in [3.8, 4) is 0 Å². The molecule has 0 aromatic heterocycles. The standard InChI is InChI=1S/C39H40/c1-26-27(2)39(34-22-13-9-18-30(34)37(5,6)31-19-10-14-23-35(31)39)25-15-24-38(26)32-20-11-7-16-28(32)36(3,4)29-17-8-12-21-33(29)38/h7-14,16-23H,15,24-25H2,1-6H3. The molecule has 196 valence electrons. The summed E-state index contributed by atoms with van der Waals surface area (Å²) in [6, 6.07) is 37.3. The van der Waals surface area contributed by atoms with Gasteiger partial charge in [-0.05, 0) is 71.2 Å². The number of rotatable bonds is 0. The molecule has 39 heavy (non-hydrogen) atoms. The molecule has 3 aliphatic carbocycles. The van der Waals surface area contributed by atoms with Crippen LogP contribution in [-0.4, -0.2) is 0 Å². The van der Waals surface area contributed by atoms with Crippen molar-refractivity contribution >= 4 is 0 Å². The highest BCUT2D eigenvalue weighted by Crippen LogP contribution is 2.62. The minimum Gasteiger partial charge on any atom is -0.0619 e. The Morgan fingerprint density at radius 2 is 0.615 bits per heavy atom. The first-order chi connectivity index (χ1) is 18.7. The maximum Gasteiger partial charge on any atom is 0.0417 e. The molecule has 0 amide bonds. The minimum absolute atomic E-state index is 0.0231. The molecule has 0 nitrogen and oxygen atoms in total. The van der Waals surface area contributed by atoms with Crippen LogP contribution < -0.4 is 0 Å². The normalized spacial score (nSPS) is 21.0. The summed E-state index contributed by atoms with van der Waals surface area (Å²) in [5.41, 5.74) is 14.8. The molecule has 0 fully saturated rings. The fraction of sp³-hybridized carbons (Fsp3) is 0.333.